The number of carbonyl (C=O) groups excluding carboxylic acids is 2. The number of ether oxygens (including phenoxy) is 1. The van der Waals surface area contributed by atoms with Crippen molar-refractivity contribution < 1.29 is 75.2 Å². The van der Waals surface area contributed by atoms with Crippen LogP contribution in [0.25, 0.3) is 0 Å². The molecule has 0 spiro atoms. The highest BCUT2D eigenvalue weighted by molar-refractivity contribution is 5.76. The van der Waals surface area contributed by atoms with Crippen LogP contribution in [0.15, 0.2) is 0 Å². The van der Waals surface area contributed by atoms with Crippen LogP contribution in [0.5, 0.6) is 0 Å². The molecule has 0 bridgehead atoms. The smallest absolute Gasteiger partial charge is 0.386 e. The average molecular weight is 432 g/mol. The van der Waals surface area contributed by atoms with Crippen molar-refractivity contribution in [3.8, 4) is 0 Å². The Labute approximate surface area is 162 Å². The van der Waals surface area contributed by atoms with Gasteiger partial charge in [-0.05, 0) is 0 Å². The third-order valence-corrected chi connectivity index (χ3v) is 4.16. The Kier molecular flexibility index (Phi) is 9.25. The van der Waals surface area contributed by atoms with Crippen LogP contribution in [-0.4, -0.2) is 131 Å². The lowest BCUT2D eigenvalue weighted by Gasteiger charge is -2.44. The molecule has 0 aromatic carbocycles. The van der Waals surface area contributed by atoms with E-state index in [9.17, 15) is 45.3 Å². The van der Waals surface area contributed by atoms with E-state index in [4.69, 9.17) is 20.1 Å². The lowest BCUT2D eigenvalue weighted by atomic mass is 9.91. The summed E-state index contributed by atoms with van der Waals surface area (Å²) in [7, 11) is 0. The molecule has 0 aromatic rings. The van der Waals surface area contributed by atoms with Crippen LogP contribution in [0.4, 0.5) is 0 Å². The minimum atomic E-state index is -2.85. The van der Waals surface area contributed by atoms with E-state index < -0.39 is 86.2 Å². The summed E-state index contributed by atoms with van der Waals surface area (Å²) in [6.07, 6.45) is -17.8. The number of carbonyl (C=O) groups is 2. The first-order valence-electron chi connectivity index (χ1n) is 8.19. The van der Waals surface area contributed by atoms with Gasteiger partial charge in [0.1, 0.15) is 49.1 Å². The second kappa shape index (κ2) is 10.5. The summed E-state index contributed by atoms with van der Waals surface area (Å²) in [5.74, 6) is -6.25. The van der Waals surface area contributed by atoms with Gasteiger partial charge in [-0.25, -0.2) is 19.4 Å². The van der Waals surface area contributed by atoms with Gasteiger partial charge < -0.3 is 55.8 Å². The van der Waals surface area contributed by atoms with Gasteiger partial charge in [0, 0.05) is 0 Å². The summed E-state index contributed by atoms with van der Waals surface area (Å²) in [5.41, 5.74) is 0. The van der Waals surface area contributed by atoms with E-state index in [0.29, 0.717) is 0 Å². The molecular weight excluding hydrogens is 408 g/mol. The fraction of sp³-hybridized carbons (Fsp3) is 0.857. The van der Waals surface area contributed by atoms with Crippen molar-refractivity contribution >= 4 is 11.9 Å². The minimum Gasteiger partial charge on any atom is -0.394 e. The van der Waals surface area contributed by atoms with Crippen LogP contribution in [0.2, 0.25) is 0 Å². The van der Waals surface area contributed by atoms with Gasteiger partial charge in [-0.3, -0.25) is 0 Å². The van der Waals surface area contributed by atoms with E-state index >= 15 is 0 Å². The number of rotatable bonds is 8. The largest absolute Gasteiger partial charge is 0.394 e. The van der Waals surface area contributed by atoms with Crippen LogP contribution in [0.3, 0.4) is 0 Å². The fourth-order valence-electron chi connectivity index (χ4n) is 2.40. The Morgan fingerprint density at radius 3 is 2.07 bits per heavy atom. The molecule has 10 N–H and O–H groups in total. The zero-order chi connectivity index (χ0) is 22.5. The Hall–Kier alpha value is -1.50. The number of aliphatic hydroxyl groups is 10. The van der Waals surface area contributed by atoms with Crippen LogP contribution < -0.4 is 0 Å². The quantitative estimate of drug-likeness (QED) is 0.126. The maximum absolute atomic E-state index is 11.7. The topological polar surface area (TPSA) is 264 Å². The molecule has 9 atom stereocenters. The highest BCUT2D eigenvalue weighted by Crippen LogP contribution is 2.31. The lowest BCUT2D eigenvalue weighted by molar-refractivity contribution is -0.353. The van der Waals surface area contributed by atoms with Gasteiger partial charge in [0.15, 0.2) is 6.10 Å². The van der Waals surface area contributed by atoms with Gasteiger partial charge >= 0.3 is 11.9 Å². The molecule has 1 fully saturated rings. The van der Waals surface area contributed by atoms with Crippen LogP contribution in [0, 0.1) is 0 Å². The lowest BCUT2D eigenvalue weighted by Crippen LogP contribution is -2.65. The monoisotopic (exact) mass is 432 g/mol. The molecule has 1 aliphatic heterocycles. The summed E-state index contributed by atoms with van der Waals surface area (Å²) < 4.78 is 4.78. The Morgan fingerprint density at radius 2 is 1.55 bits per heavy atom. The van der Waals surface area contributed by atoms with Crippen molar-refractivity contribution in [3.63, 3.8) is 0 Å². The molecule has 15 nitrogen and oxygen atoms in total. The average Bonchev–Trinajstić information content (AvgIpc) is 2.70. The van der Waals surface area contributed by atoms with Gasteiger partial charge in [0.25, 0.3) is 0 Å². The molecule has 0 amide bonds. The first-order chi connectivity index (χ1) is 13.4. The van der Waals surface area contributed by atoms with Crippen LogP contribution in [0.1, 0.15) is 6.42 Å². The van der Waals surface area contributed by atoms with Crippen molar-refractivity contribution in [2.75, 3.05) is 13.2 Å². The van der Waals surface area contributed by atoms with Crippen molar-refractivity contribution in [3.05, 3.63) is 0 Å². The minimum absolute atomic E-state index is 0.899. The predicted molar refractivity (Wildman–Crippen MR) is 82.8 cm³/mol. The zero-order valence-electron chi connectivity index (χ0n) is 14.8. The zero-order valence-corrected chi connectivity index (χ0v) is 14.8. The molecule has 5 unspecified atom stereocenters. The summed E-state index contributed by atoms with van der Waals surface area (Å²) in [6.45, 7) is -1.91. The van der Waals surface area contributed by atoms with Crippen LogP contribution in [-0.2, 0) is 24.1 Å². The molecule has 1 aliphatic rings. The number of aliphatic hydroxyl groups excluding tert-OH is 9. The third kappa shape index (κ3) is 6.00. The molecule has 0 radical (unpaired) electrons. The van der Waals surface area contributed by atoms with E-state index in [-0.39, 0.29) is 0 Å². The van der Waals surface area contributed by atoms with Crippen molar-refractivity contribution in [2.45, 2.75) is 61.0 Å². The van der Waals surface area contributed by atoms with Gasteiger partial charge in [0.2, 0.25) is 5.79 Å². The highest BCUT2D eigenvalue weighted by Gasteiger charge is 2.54. The fourth-order valence-corrected chi connectivity index (χ4v) is 2.40. The first-order valence-corrected chi connectivity index (χ1v) is 8.19. The number of hydrogen-bond donors (Lipinski definition) is 10. The standard InChI is InChI=1S/C14H24O15/c15-2-4(17)7(19)9(21)11(23)13(25)29-28-6(18)1-14(26)12(24)10(22)8(20)5(3-16)27-14/h4-5,7-12,15-17,19-24,26H,1-3H2/t4?,5-,7?,8-,9?,10+,11?,12-,14?/m1/s1. The van der Waals surface area contributed by atoms with Gasteiger partial charge in [0.05, 0.1) is 13.2 Å². The maximum atomic E-state index is 11.7. The normalized spacial score (nSPS) is 34.0. The van der Waals surface area contributed by atoms with Crippen molar-refractivity contribution in [2.24, 2.45) is 0 Å². The van der Waals surface area contributed by atoms with Crippen molar-refractivity contribution in [1.82, 2.24) is 0 Å². The SMILES string of the molecule is O=C(CC1(O)O[C@H](CO)[C@@H](O)[C@H](O)[C@H]1O)OOC(=O)C(O)C(O)C(O)C(O)CO. The van der Waals surface area contributed by atoms with E-state index in [1.54, 1.807) is 0 Å². The van der Waals surface area contributed by atoms with E-state index in [1.807, 2.05) is 0 Å². The van der Waals surface area contributed by atoms with Gasteiger partial charge in [-0.2, -0.15) is 0 Å². The summed E-state index contributed by atoms with van der Waals surface area (Å²) >= 11 is 0. The third-order valence-electron chi connectivity index (χ3n) is 4.16. The van der Waals surface area contributed by atoms with E-state index in [0.717, 1.165) is 0 Å². The summed E-state index contributed by atoms with van der Waals surface area (Å²) in [4.78, 5) is 31.1. The molecule has 15 heteroatoms. The van der Waals surface area contributed by atoms with Gasteiger partial charge in [-0.15, -0.1) is 0 Å². The molecule has 0 saturated carbocycles. The molecule has 170 valence electrons. The first kappa shape index (κ1) is 25.5. The predicted octanol–water partition coefficient (Wildman–Crippen LogP) is -7.02. The molecule has 1 rings (SSSR count). The van der Waals surface area contributed by atoms with E-state index in [2.05, 4.69) is 9.78 Å². The number of hydrogen-bond acceptors (Lipinski definition) is 15. The van der Waals surface area contributed by atoms with Crippen molar-refractivity contribution in [1.29, 1.82) is 0 Å². The summed E-state index contributed by atoms with van der Waals surface area (Å²) in [5, 5.41) is 94.3. The second-order valence-electron chi connectivity index (χ2n) is 6.32. The molecular formula is C14H24O15. The summed E-state index contributed by atoms with van der Waals surface area (Å²) in [6, 6.07) is 0. The maximum Gasteiger partial charge on any atom is 0.386 e. The molecule has 29 heavy (non-hydrogen) atoms. The Bertz CT molecular complexity index is 555. The Balaban J connectivity index is 2.64. The molecule has 1 saturated heterocycles. The molecule has 0 aromatic heterocycles. The van der Waals surface area contributed by atoms with Gasteiger partial charge in [-0.1, -0.05) is 0 Å². The Morgan fingerprint density at radius 1 is 0.966 bits per heavy atom. The van der Waals surface area contributed by atoms with E-state index in [1.165, 1.54) is 0 Å². The second-order valence-corrected chi connectivity index (χ2v) is 6.32. The highest BCUT2D eigenvalue weighted by atomic mass is 17.2. The van der Waals surface area contributed by atoms with Crippen LogP contribution >= 0.6 is 0 Å². The molecule has 1 heterocycles. The molecule has 0 aliphatic carbocycles.